The van der Waals surface area contributed by atoms with E-state index in [1.807, 2.05) is 5.32 Å². The molecule has 1 atom stereocenters. The Labute approximate surface area is 228 Å². The maximum atomic E-state index is 15.1. The molecule has 5 N–H and O–H groups in total. The second-order valence-corrected chi connectivity index (χ2v) is 9.34. The van der Waals surface area contributed by atoms with E-state index >= 15 is 4.39 Å². The summed E-state index contributed by atoms with van der Waals surface area (Å²) in [6.45, 7) is 0.177. The van der Waals surface area contributed by atoms with Crippen LogP contribution >= 0.6 is 0 Å². The van der Waals surface area contributed by atoms with Gasteiger partial charge >= 0.3 is 12.2 Å². The number of anilines is 3. The van der Waals surface area contributed by atoms with Gasteiger partial charge in [-0.25, -0.2) is 23.1 Å². The van der Waals surface area contributed by atoms with Gasteiger partial charge in [0.15, 0.2) is 5.82 Å². The fraction of sp³-hybridized carbons (Fsp3) is 0.231. The highest BCUT2D eigenvalue weighted by molar-refractivity contribution is 6.00. The van der Waals surface area contributed by atoms with Crippen molar-refractivity contribution in [1.29, 1.82) is 0 Å². The summed E-state index contributed by atoms with van der Waals surface area (Å²) in [5.41, 5.74) is 5.83. The third kappa shape index (κ3) is 5.48. The molecule has 15 heteroatoms. The topological polar surface area (TPSA) is 138 Å². The maximum Gasteiger partial charge on any atom is 0.416 e. The number of carbonyl (C=O) groups is 2. The molecular formula is C26H22F5N7O3. The lowest BCUT2D eigenvalue weighted by Crippen LogP contribution is -2.30. The summed E-state index contributed by atoms with van der Waals surface area (Å²) in [5, 5.41) is 17.6. The normalized spacial score (nSPS) is 15.4. The number of rotatable bonds is 5. The molecule has 0 aliphatic carbocycles. The van der Waals surface area contributed by atoms with Crippen molar-refractivity contribution in [3.63, 3.8) is 0 Å². The van der Waals surface area contributed by atoms with Gasteiger partial charge in [0.1, 0.15) is 30.1 Å². The zero-order chi connectivity index (χ0) is 29.5. The first kappa shape index (κ1) is 27.8. The molecule has 10 nitrogen and oxygen atoms in total. The lowest BCUT2D eigenvalue weighted by atomic mass is 10.0. The van der Waals surface area contributed by atoms with Crippen LogP contribution in [0.1, 0.15) is 23.6 Å². The minimum Gasteiger partial charge on any atom is -0.387 e. The number of likely N-dealkylation sites (tertiary alicyclic amines) is 1. The largest absolute Gasteiger partial charge is 0.416 e. The number of alkyl halides is 3. The zero-order valence-electron chi connectivity index (χ0n) is 21.0. The van der Waals surface area contributed by atoms with Gasteiger partial charge in [-0.05, 0) is 48.4 Å². The number of nitrogens with one attached hydrogen (secondary N) is 2. The SMILES string of the molecule is Nc1ncnn2c(C3CCN(C(=O)CO)C3)cc(-c3ccc(NC(=O)Nc4cc(C(F)(F)F)ccc4F)c(F)c3)c12. The summed E-state index contributed by atoms with van der Waals surface area (Å²) < 4.78 is 69.5. The van der Waals surface area contributed by atoms with Crippen molar-refractivity contribution >= 4 is 34.6 Å². The van der Waals surface area contributed by atoms with Gasteiger partial charge in [0.25, 0.3) is 0 Å². The number of urea groups is 1. The minimum absolute atomic E-state index is 0.118. The number of amides is 3. The third-order valence-corrected chi connectivity index (χ3v) is 6.77. The van der Waals surface area contributed by atoms with Crippen molar-refractivity contribution in [3.05, 3.63) is 71.7 Å². The van der Waals surface area contributed by atoms with Crippen LogP contribution in [-0.4, -0.2) is 56.2 Å². The summed E-state index contributed by atoms with van der Waals surface area (Å²) in [7, 11) is 0. The highest BCUT2D eigenvalue weighted by atomic mass is 19.4. The van der Waals surface area contributed by atoms with E-state index < -0.39 is 47.6 Å². The van der Waals surface area contributed by atoms with Crippen LogP contribution in [0, 0.1) is 11.6 Å². The molecule has 5 rings (SSSR count). The number of carbonyl (C=O) groups excluding carboxylic acids is 2. The highest BCUT2D eigenvalue weighted by Gasteiger charge is 2.32. The van der Waals surface area contributed by atoms with Crippen LogP contribution in [0.15, 0.2) is 48.8 Å². The number of aliphatic hydroxyl groups excluding tert-OH is 1. The number of nitrogens with zero attached hydrogens (tertiary/aromatic N) is 4. The predicted octanol–water partition coefficient (Wildman–Crippen LogP) is 4.23. The molecule has 0 bridgehead atoms. The molecule has 4 aromatic rings. The maximum absolute atomic E-state index is 15.1. The number of hydrogen-bond donors (Lipinski definition) is 4. The smallest absolute Gasteiger partial charge is 0.387 e. The van der Waals surface area contributed by atoms with Crippen LogP contribution in [-0.2, 0) is 11.0 Å². The fourth-order valence-electron chi connectivity index (χ4n) is 4.79. The Morgan fingerprint density at radius 3 is 2.51 bits per heavy atom. The Hall–Kier alpha value is -4.79. The molecule has 3 amide bonds. The van der Waals surface area contributed by atoms with Gasteiger partial charge in [0, 0.05) is 30.3 Å². The second kappa shape index (κ2) is 10.6. The number of halogens is 5. The Bertz CT molecular complexity index is 1660. The van der Waals surface area contributed by atoms with E-state index in [1.165, 1.54) is 23.4 Å². The van der Waals surface area contributed by atoms with Crippen LogP contribution in [0.2, 0.25) is 0 Å². The zero-order valence-corrected chi connectivity index (χ0v) is 21.0. The summed E-state index contributed by atoms with van der Waals surface area (Å²) in [4.78, 5) is 29.8. The van der Waals surface area contributed by atoms with Gasteiger partial charge in [0.2, 0.25) is 5.91 Å². The Balaban J connectivity index is 1.40. The molecular weight excluding hydrogens is 553 g/mol. The van der Waals surface area contributed by atoms with Crippen LogP contribution < -0.4 is 16.4 Å². The average molecular weight is 575 g/mol. The van der Waals surface area contributed by atoms with E-state index in [9.17, 15) is 32.3 Å². The molecule has 1 unspecified atom stereocenters. The van der Waals surface area contributed by atoms with Crippen molar-refractivity contribution in [2.45, 2.75) is 18.5 Å². The number of fused-ring (bicyclic) bond motifs is 1. The molecule has 3 heterocycles. The summed E-state index contributed by atoms with van der Waals surface area (Å²) in [5.74, 6) is -2.42. The molecule has 0 spiro atoms. The van der Waals surface area contributed by atoms with Crippen LogP contribution in [0.3, 0.4) is 0 Å². The second-order valence-electron chi connectivity index (χ2n) is 9.34. The molecule has 1 aliphatic heterocycles. The van der Waals surface area contributed by atoms with Crippen molar-refractivity contribution < 1.29 is 36.6 Å². The van der Waals surface area contributed by atoms with Gasteiger partial charge in [-0.15, -0.1) is 0 Å². The van der Waals surface area contributed by atoms with E-state index in [1.54, 1.807) is 10.6 Å². The molecule has 1 saturated heterocycles. The van der Waals surface area contributed by atoms with Crippen molar-refractivity contribution in [3.8, 4) is 11.1 Å². The average Bonchev–Trinajstić information content (AvgIpc) is 3.56. The Morgan fingerprint density at radius 2 is 1.80 bits per heavy atom. The first-order valence-electron chi connectivity index (χ1n) is 12.2. The lowest BCUT2D eigenvalue weighted by Gasteiger charge is -2.14. The quantitative estimate of drug-likeness (QED) is 0.263. The molecule has 0 saturated carbocycles. The fourth-order valence-corrected chi connectivity index (χ4v) is 4.79. The van der Waals surface area contributed by atoms with Gasteiger partial charge in [0.05, 0.1) is 16.9 Å². The van der Waals surface area contributed by atoms with Crippen LogP contribution in [0.4, 0.5) is 43.9 Å². The molecule has 2 aromatic carbocycles. The summed E-state index contributed by atoms with van der Waals surface area (Å²) >= 11 is 0. The monoisotopic (exact) mass is 575 g/mol. The van der Waals surface area contributed by atoms with Crippen molar-refractivity contribution in [2.75, 3.05) is 36.1 Å². The molecule has 1 aliphatic rings. The van der Waals surface area contributed by atoms with E-state index in [-0.39, 0.29) is 17.4 Å². The first-order valence-corrected chi connectivity index (χ1v) is 12.2. The van der Waals surface area contributed by atoms with E-state index in [4.69, 9.17) is 5.73 Å². The first-order chi connectivity index (χ1) is 19.5. The van der Waals surface area contributed by atoms with E-state index in [0.717, 1.165) is 6.07 Å². The van der Waals surface area contributed by atoms with Crippen LogP contribution in [0.5, 0.6) is 0 Å². The lowest BCUT2D eigenvalue weighted by molar-refractivity contribution is -0.137. The molecule has 2 aromatic heterocycles. The Kier molecular flexibility index (Phi) is 7.21. The number of benzene rings is 2. The number of aromatic nitrogens is 3. The number of nitrogen functional groups attached to an aromatic ring is 1. The van der Waals surface area contributed by atoms with E-state index in [2.05, 4.69) is 15.4 Å². The molecule has 1 fully saturated rings. The standard InChI is InChI=1S/C26H22F5N7O3/c27-17-3-2-15(26(29,30)31)8-20(17)36-25(41)35-19-4-1-13(7-18(19)28)16-9-21(38-23(16)24(32)33-12-34-38)14-5-6-37(10-14)22(40)11-39/h1-4,7-9,12,14,39H,5-6,10-11H2,(H2,32,33,34)(H2,35,36,41). The van der Waals surface area contributed by atoms with Crippen molar-refractivity contribution in [1.82, 2.24) is 19.5 Å². The summed E-state index contributed by atoms with van der Waals surface area (Å²) in [6, 6.07) is 5.94. The van der Waals surface area contributed by atoms with Gasteiger partial charge in [-0.2, -0.15) is 18.3 Å². The minimum atomic E-state index is -4.76. The van der Waals surface area contributed by atoms with Crippen LogP contribution in [0.25, 0.3) is 16.6 Å². The third-order valence-electron chi connectivity index (χ3n) is 6.77. The molecule has 41 heavy (non-hydrogen) atoms. The number of hydrogen-bond acceptors (Lipinski definition) is 6. The Morgan fingerprint density at radius 1 is 1.05 bits per heavy atom. The number of nitrogens with two attached hydrogens (primary N) is 1. The van der Waals surface area contributed by atoms with E-state index in [0.29, 0.717) is 60.0 Å². The van der Waals surface area contributed by atoms with Gasteiger partial charge in [-0.3, -0.25) is 4.79 Å². The molecule has 0 radical (unpaired) electrons. The van der Waals surface area contributed by atoms with Gasteiger partial charge in [-0.1, -0.05) is 6.07 Å². The van der Waals surface area contributed by atoms with Gasteiger partial charge < -0.3 is 26.4 Å². The molecule has 214 valence electrons. The number of aliphatic hydroxyl groups is 1. The van der Waals surface area contributed by atoms with Crippen molar-refractivity contribution in [2.24, 2.45) is 0 Å². The summed E-state index contributed by atoms with van der Waals surface area (Å²) in [6.07, 6.45) is -2.89. The highest BCUT2D eigenvalue weighted by Crippen LogP contribution is 2.37. The predicted molar refractivity (Wildman–Crippen MR) is 138 cm³/mol.